The molecule has 1 aromatic carbocycles. The van der Waals surface area contributed by atoms with Crippen LogP contribution in [0.25, 0.3) is 0 Å². The fourth-order valence-electron chi connectivity index (χ4n) is 4.04. The van der Waals surface area contributed by atoms with Crippen LogP contribution >= 0.6 is 0 Å². The first-order valence-corrected chi connectivity index (χ1v) is 8.41. The summed E-state index contributed by atoms with van der Waals surface area (Å²) in [6.07, 6.45) is 6.91. The van der Waals surface area contributed by atoms with Crippen molar-refractivity contribution in [1.29, 1.82) is 0 Å². The second kappa shape index (κ2) is 5.41. The van der Waals surface area contributed by atoms with Gasteiger partial charge >= 0.3 is 0 Å². The molecule has 3 aliphatic carbocycles. The van der Waals surface area contributed by atoms with Crippen LogP contribution in [0, 0.1) is 17.8 Å². The van der Waals surface area contributed by atoms with Crippen LogP contribution in [0.4, 0.5) is 5.69 Å². The van der Waals surface area contributed by atoms with Crippen molar-refractivity contribution in [3.05, 3.63) is 29.8 Å². The fourth-order valence-corrected chi connectivity index (χ4v) is 4.04. The van der Waals surface area contributed by atoms with Crippen molar-refractivity contribution in [2.75, 3.05) is 5.32 Å². The number of anilines is 1. The van der Waals surface area contributed by atoms with Crippen molar-refractivity contribution >= 4 is 17.5 Å². The molecule has 4 rings (SSSR count). The number of fused-ring (bicyclic) bond motifs is 2. The summed E-state index contributed by atoms with van der Waals surface area (Å²) in [7, 11) is 0. The number of amides is 2. The van der Waals surface area contributed by atoms with Crippen LogP contribution in [-0.4, -0.2) is 17.9 Å². The molecule has 3 saturated carbocycles. The minimum atomic E-state index is -0.0430. The monoisotopic (exact) mass is 298 g/mol. The molecular formula is C18H22N2O2. The van der Waals surface area contributed by atoms with E-state index in [0.29, 0.717) is 17.5 Å². The average molecular weight is 298 g/mol. The van der Waals surface area contributed by atoms with E-state index in [4.69, 9.17) is 0 Å². The van der Waals surface area contributed by atoms with Gasteiger partial charge in [-0.05, 0) is 62.1 Å². The highest BCUT2D eigenvalue weighted by atomic mass is 16.2. The third kappa shape index (κ3) is 2.74. The Kier molecular flexibility index (Phi) is 3.40. The third-order valence-corrected chi connectivity index (χ3v) is 5.38. The molecule has 4 nitrogen and oxygen atoms in total. The summed E-state index contributed by atoms with van der Waals surface area (Å²) >= 11 is 0. The van der Waals surface area contributed by atoms with E-state index in [1.165, 1.54) is 19.3 Å². The summed E-state index contributed by atoms with van der Waals surface area (Å²) in [5.41, 5.74) is 1.36. The van der Waals surface area contributed by atoms with E-state index in [-0.39, 0.29) is 17.7 Å². The number of rotatable bonds is 4. The van der Waals surface area contributed by atoms with E-state index in [2.05, 4.69) is 10.6 Å². The number of nitrogens with one attached hydrogen (secondary N) is 2. The molecule has 1 aromatic rings. The van der Waals surface area contributed by atoms with Crippen molar-refractivity contribution in [2.24, 2.45) is 17.8 Å². The molecule has 0 spiro atoms. The minimum absolute atomic E-state index is 0.0430. The molecule has 116 valence electrons. The standard InChI is InChI=1S/C18H22N2O2/c21-17(19-14-6-7-14)13-2-1-3-15(10-13)20-18(22)16-9-11-4-5-12(16)8-11/h1-3,10-12,14,16H,4-9H2,(H,19,21)(H,20,22)/t11-,12-,16+/m0/s1. The quantitative estimate of drug-likeness (QED) is 0.898. The molecule has 0 heterocycles. The van der Waals surface area contributed by atoms with Gasteiger partial charge in [-0.1, -0.05) is 12.5 Å². The molecule has 3 aliphatic rings. The highest BCUT2D eigenvalue weighted by Gasteiger charge is 2.43. The van der Waals surface area contributed by atoms with Gasteiger partial charge in [-0.3, -0.25) is 9.59 Å². The van der Waals surface area contributed by atoms with Gasteiger partial charge in [0.25, 0.3) is 5.91 Å². The summed E-state index contributed by atoms with van der Waals surface area (Å²) in [4.78, 5) is 24.5. The maximum Gasteiger partial charge on any atom is 0.251 e. The zero-order valence-corrected chi connectivity index (χ0v) is 12.7. The Morgan fingerprint density at radius 3 is 2.59 bits per heavy atom. The Hall–Kier alpha value is -1.84. The van der Waals surface area contributed by atoms with E-state index in [1.54, 1.807) is 12.1 Å². The molecular weight excluding hydrogens is 276 g/mol. The Balaban J connectivity index is 1.41. The van der Waals surface area contributed by atoms with Crippen LogP contribution in [0.1, 0.15) is 48.9 Å². The van der Waals surface area contributed by atoms with Crippen molar-refractivity contribution in [2.45, 2.75) is 44.6 Å². The van der Waals surface area contributed by atoms with Crippen molar-refractivity contribution < 1.29 is 9.59 Å². The average Bonchev–Trinajstić information content (AvgIpc) is 3.08. The van der Waals surface area contributed by atoms with Crippen LogP contribution in [0.15, 0.2) is 24.3 Å². The summed E-state index contributed by atoms with van der Waals surface area (Å²) in [6.45, 7) is 0. The van der Waals surface area contributed by atoms with Crippen LogP contribution in [0.5, 0.6) is 0 Å². The van der Waals surface area contributed by atoms with E-state index < -0.39 is 0 Å². The largest absolute Gasteiger partial charge is 0.349 e. The van der Waals surface area contributed by atoms with Gasteiger partial charge in [-0.15, -0.1) is 0 Å². The molecule has 2 bridgehead atoms. The molecule has 22 heavy (non-hydrogen) atoms. The summed E-state index contributed by atoms with van der Waals surface area (Å²) in [5.74, 6) is 1.59. The van der Waals surface area contributed by atoms with Gasteiger partial charge in [0.1, 0.15) is 0 Å². The van der Waals surface area contributed by atoms with Gasteiger partial charge in [-0.2, -0.15) is 0 Å². The molecule has 2 N–H and O–H groups in total. The Labute approximate surface area is 130 Å². The first-order chi connectivity index (χ1) is 10.7. The topological polar surface area (TPSA) is 58.2 Å². The number of benzene rings is 1. The highest BCUT2D eigenvalue weighted by molar-refractivity contribution is 5.98. The van der Waals surface area contributed by atoms with Gasteiger partial charge in [0.05, 0.1) is 0 Å². The lowest BCUT2D eigenvalue weighted by Crippen LogP contribution is -2.28. The van der Waals surface area contributed by atoms with Gasteiger partial charge in [0, 0.05) is 23.2 Å². The highest BCUT2D eigenvalue weighted by Crippen LogP contribution is 2.48. The van der Waals surface area contributed by atoms with E-state index in [0.717, 1.165) is 30.9 Å². The molecule has 4 heteroatoms. The smallest absolute Gasteiger partial charge is 0.251 e. The maximum absolute atomic E-state index is 12.5. The third-order valence-electron chi connectivity index (χ3n) is 5.38. The number of carbonyl (C=O) groups is 2. The van der Waals surface area contributed by atoms with E-state index >= 15 is 0 Å². The first-order valence-electron chi connectivity index (χ1n) is 8.41. The Morgan fingerprint density at radius 2 is 1.91 bits per heavy atom. The van der Waals surface area contributed by atoms with Gasteiger partial charge < -0.3 is 10.6 Å². The van der Waals surface area contributed by atoms with Crippen LogP contribution < -0.4 is 10.6 Å². The second-order valence-corrected chi connectivity index (χ2v) is 7.10. The lowest BCUT2D eigenvalue weighted by atomic mass is 9.88. The molecule has 2 amide bonds. The molecule has 3 fully saturated rings. The van der Waals surface area contributed by atoms with Crippen LogP contribution in [0.2, 0.25) is 0 Å². The number of hydrogen-bond acceptors (Lipinski definition) is 2. The zero-order chi connectivity index (χ0) is 15.1. The van der Waals surface area contributed by atoms with Gasteiger partial charge in [-0.25, -0.2) is 0 Å². The lowest BCUT2D eigenvalue weighted by Gasteiger charge is -2.20. The van der Waals surface area contributed by atoms with Crippen LogP contribution in [-0.2, 0) is 4.79 Å². The SMILES string of the molecule is O=C(NC1CC1)c1cccc(NC(=O)[C@@H]2C[C@H]3CC[C@H]2C3)c1. The van der Waals surface area contributed by atoms with Gasteiger partial charge in [0.15, 0.2) is 0 Å². The Morgan fingerprint density at radius 1 is 1.05 bits per heavy atom. The predicted octanol–water partition coefficient (Wildman–Crippen LogP) is 2.95. The normalized spacial score (nSPS) is 29.4. The zero-order valence-electron chi connectivity index (χ0n) is 12.7. The number of carbonyl (C=O) groups excluding carboxylic acids is 2. The summed E-state index contributed by atoms with van der Waals surface area (Å²) in [6, 6.07) is 7.62. The summed E-state index contributed by atoms with van der Waals surface area (Å²) in [5, 5.41) is 5.99. The molecule has 0 radical (unpaired) electrons. The van der Waals surface area contributed by atoms with E-state index in [9.17, 15) is 9.59 Å². The van der Waals surface area contributed by atoms with E-state index in [1.807, 2.05) is 12.1 Å². The minimum Gasteiger partial charge on any atom is -0.349 e. The molecule has 0 saturated heterocycles. The first kappa shape index (κ1) is 13.8. The summed E-state index contributed by atoms with van der Waals surface area (Å²) < 4.78 is 0. The fraction of sp³-hybridized carbons (Fsp3) is 0.556. The number of hydrogen-bond donors (Lipinski definition) is 2. The van der Waals surface area contributed by atoms with Gasteiger partial charge in [0.2, 0.25) is 5.91 Å². The van der Waals surface area contributed by atoms with Crippen molar-refractivity contribution in [3.63, 3.8) is 0 Å². The van der Waals surface area contributed by atoms with Crippen LogP contribution in [0.3, 0.4) is 0 Å². The Bertz CT molecular complexity index is 609. The van der Waals surface area contributed by atoms with Crippen molar-refractivity contribution in [3.8, 4) is 0 Å². The molecule has 0 aromatic heterocycles. The molecule has 0 aliphatic heterocycles. The molecule has 0 unspecified atom stereocenters. The maximum atomic E-state index is 12.5. The lowest BCUT2D eigenvalue weighted by molar-refractivity contribution is -0.121. The molecule has 3 atom stereocenters. The predicted molar refractivity (Wildman–Crippen MR) is 84.5 cm³/mol. The van der Waals surface area contributed by atoms with Crippen molar-refractivity contribution in [1.82, 2.24) is 5.32 Å². The second-order valence-electron chi connectivity index (χ2n) is 7.10.